The van der Waals surface area contributed by atoms with E-state index >= 15 is 0 Å². The highest BCUT2D eigenvalue weighted by Crippen LogP contribution is 2.33. The molecule has 1 aliphatic heterocycles. The highest BCUT2D eigenvalue weighted by Gasteiger charge is 2.23. The number of benzene rings is 1. The van der Waals surface area contributed by atoms with Crippen molar-refractivity contribution in [2.75, 3.05) is 6.54 Å². The summed E-state index contributed by atoms with van der Waals surface area (Å²) in [4.78, 5) is 0. The molecule has 2 heterocycles. The van der Waals surface area contributed by atoms with Crippen LogP contribution in [0.5, 0.6) is 0 Å². The van der Waals surface area contributed by atoms with Gasteiger partial charge >= 0.3 is 0 Å². The molecule has 1 aromatic heterocycles. The molecule has 0 saturated carbocycles. The van der Waals surface area contributed by atoms with Crippen LogP contribution in [-0.4, -0.2) is 16.3 Å². The topological polar surface area (TPSA) is 29.9 Å². The summed E-state index contributed by atoms with van der Waals surface area (Å²) in [5.41, 5.74) is 6.42. The minimum absolute atomic E-state index is 0.414. The van der Waals surface area contributed by atoms with E-state index in [1.54, 1.807) is 0 Å². The van der Waals surface area contributed by atoms with Crippen LogP contribution in [0.25, 0.3) is 11.1 Å². The minimum atomic E-state index is 0.414. The molecule has 0 amide bonds. The molecular weight excluding hydrogens is 234 g/mol. The van der Waals surface area contributed by atoms with E-state index in [1.165, 1.54) is 40.8 Å². The molecule has 19 heavy (non-hydrogen) atoms. The predicted octanol–water partition coefficient (Wildman–Crippen LogP) is 3.13. The molecular formula is C16H21N3. The first-order chi connectivity index (χ1) is 9.15. The third-order valence-corrected chi connectivity index (χ3v) is 3.92. The lowest BCUT2D eigenvalue weighted by Crippen LogP contribution is -2.14. The van der Waals surface area contributed by atoms with Crippen molar-refractivity contribution in [2.45, 2.75) is 32.7 Å². The van der Waals surface area contributed by atoms with E-state index in [4.69, 9.17) is 0 Å². The van der Waals surface area contributed by atoms with Gasteiger partial charge in [0.25, 0.3) is 0 Å². The van der Waals surface area contributed by atoms with Crippen LogP contribution in [0.15, 0.2) is 24.4 Å². The molecule has 0 bridgehead atoms. The van der Waals surface area contributed by atoms with Crippen molar-refractivity contribution >= 4 is 0 Å². The smallest absolute Gasteiger partial charge is 0.0872 e. The quantitative estimate of drug-likeness (QED) is 0.893. The molecule has 0 spiro atoms. The Morgan fingerprint density at radius 1 is 1.26 bits per heavy atom. The Balaban J connectivity index is 2.08. The molecule has 1 aromatic carbocycles. The number of aryl methyl sites for hydroxylation is 3. The van der Waals surface area contributed by atoms with Gasteiger partial charge in [0.15, 0.2) is 0 Å². The van der Waals surface area contributed by atoms with Gasteiger partial charge in [-0.2, -0.15) is 5.10 Å². The molecule has 1 atom stereocenters. The fourth-order valence-electron chi connectivity index (χ4n) is 3.00. The molecule has 3 rings (SSSR count). The summed E-state index contributed by atoms with van der Waals surface area (Å²) >= 11 is 0. The Kier molecular flexibility index (Phi) is 3.15. The number of hydrogen-bond acceptors (Lipinski definition) is 2. The van der Waals surface area contributed by atoms with Gasteiger partial charge in [0.2, 0.25) is 0 Å². The standard InChI is InChI=1S/C16H21N3/c1-11-6-7-13(12(2)9-11)14-10-19(3)18-16(14)15-5-4-8-17-15/h6-7,9-10,15,17H,4-5,8H2,1-3H3. The van der Waals surface area contributed by atoms with Crippen LogP contribution in [0, 0.1) is 13.8 Å². The first-order valence-corrected chi connectivity index (χ1v) is 6.99. The fourth-order valence-corrected chi connectivity index (χ4v) is 3.00. The highest BCUT2D eigenvalue weighted by molar-refractivity contribution is 5.69. The zero-order valence-corrected chi connectivity index (χ0v) is 11.9. The summed E-state index contributed by atoms with van der Waals surface area (Å²) in [5, 5.41) is 8.24. The number of nitrogens with one attached hydrogen (secondary N) is 1. The molecule has 3 nitrogen and oxygen atoms in total. The van der Waals surface area contributed by atoms with Crippen LogP contribution in [-0.2, 0) is 7.05 Å². The van der Waals surface area contributed by atoms with Crippen molar-refractivity contribution in [3.05, 3.63) is 41.2 Å². The van der Waals surface area contributed by atoms with Gasteiger partial charge in [0, 0.05) is 18.8 Å². The van der Waals surface area contributed by atoms with Gasteiger partial charge in [-0.3, -0.25) is 4.68 Å². The van der Waals surface area contributed by atoms with E-state index < -0.39 is 0 Å². The van der Waals surface area contributed by atoms with Crippen LogP contribution in [0.1, 0.15) is 35.7 Å². The van der Waals surface area contributed by atoms with Crippen LogP contribution in [0.2, 0.25) is 0 Å². The molecule has 1 unspecified atom stereocenters. The van der Waals surface area contributed by atoms with E-state index in [2.05, 4.69) is 48.7 Å². The van der Waals surface area contributed by atoms with Crippen LogP contribution >= 0.6 is 0 Å². The van der Waals surface area contributed by atoms with Gasteiger partial charge in [0.05, 0.1) is 11.7 Å². The maximum Gasteiger partial charge on any atom is 0.0872 e. The van der Waals surface area contributed by atoms with Gasteiger partial charge in [-0.05, 0) is 44.4 Å². The molecule has 1 N–H and O–H groups in total. The van der Waals surface area contributed by atoms with Crippen molar-refractivity contribution in [1.82, 2.24) is 15.1 Å². The number of rotatable bonds is 2. The van der Waals surface area contributed by atoms with E-state index in [-0.39, 0.29) is 0 Å². The van der Waals surface area contributed by atoms with Crippen molar-refractivity contribution in [1.29, 1.82) is 0 Å². The predicted molar refractivity (Wildman–Crippen MR) is 78.1 cm³/mol. The molecule has 1 aliphatic rings. The molecule has 0 radical (unpaired) electrons. The van der Waals surface area contributed by atoms with E-state index in [1.807, 2.05) is 11.7 Å². The monoisotopic (exact) mass is 255 g/mol. The summed E-state index contributed by atoms with van der Waals surface area (Å²) in [6.45, 7) is 5.42. The van der Waals surface area contributed by atoms with Crippen molar-refractivity contribution < 1.29 is 0 Å². The van der Waals surface area contributed by atoms with Crippen LogP contribution in [0.4, 0.5) is 0 Å². The van der Waals surface area contributed by atoms with E-state index in [9.17, 15) is 0 Å². The van der Waals surface area contributed by atoms with E-state index in [0.717, 1.165) is 6.54 Å². The Morgan fingerprint density at radius 3 is 2.79 bits per heavy atom. The number of nitrogens with zero attached hydrogens (tertiary/aromatic N) is 2. The summed E-state index contributed by atoms with van der Waals surface area (Å²) in [6.07, 6.45) is 4.58. The number of hydrogen-bond donors (Lipinski definition) is 1. The number of aromatic nitrogens is 2. The second-order valence-corrected chi connectivity index (χ2v) is 5.57. The lowest BCUT2D eigenvalue weighted by molar-refractivity contribution is 0.607. The second kappa shape index (κ2) is 4.82. The van der Waals surface area contributed by atoms with Gasteiger partial charge in [0.1, 0.15) is 0 Å². The maximum atomic E-state index is 4.69. The Bertz CT molecular complexity index is 592. The Morgan fingerprint density at radius 2 is 2.11 bits per heavy atom. The summed E-state index contributed by atoms with van der Waals surface area (Å²) in [6, 6.07) is 7.06. The average Bonchev–Trinajstić information content (AvgIpc) is 2.97. The molecule has 0 aliphatic carbocycles. The van der Waals surface area contributed by atoms with Gasteiger partial charge < -0.3 is 5.32 Å². The first-order valence-electron chi connectivity index (χ1n) is 6.99. The third-order valence-electron chi connectivity index (χ3n) is 3.92. The summed E-state index contributed by atoms with van der Waals surface area (Å²) in [7, 11) is 2.01. The maximum absolute atomic E-state index is 4.69. The summed E-state index contributed by atoms with van der Waals surface area (Å²) in [5.74, 6) is 0. The first kappa shape index (κ1) is 12.4. The van der Waals surface area contributed by atoms with E-state index in [0.29, 0.717) is 6.04 Å². The minimum Gasteiger partial charge on any atom is -0.309 e. The lowest BCUT2D eigenvalue weighted by atomic mass is 9.96. The normalized spacial score (nSPS) is 19.0. The zero-order chi connectivity index (χ0) is 13.4. The zero-order valence-electron chi connectivity index (χ0n) is 11.9. The van der Waals surface area contributed by atoms with Crippen LogP contribution < -0.4 is 5.32 Å². The van der Waals surface area contributed by atoms with Crippen molar-refractivity contribution in [2.24, 2.45) is 7.05 Å². The average molecular weight is 255 g/mol. The van der Waals surface area contributed by atoms with Gasteiger partial charge in [-0.1, -0.05) is 23.8 Å². The summed E-state index contributed by atoms with van der Waals surface area (Å²) < 4.78 is 1.93. The van der Waals surface area contributed by atoms with Gasteiger partial charge in [-0.25, -0.2) is 0 Å². The molecule has 100 valence electrons. The van der Waals surface area contributed by atoms with Gasteiger partial charge in [-0.15, -0.1) is 0 Å². The molecule has 2 aromatic rings. The van der Waals surface area contributed by atoms with Crippen molar-refractivity contribution in [3.63, 3.8) is 0 Å². The third kappa shape index (κ3) is 2.30. The lowest BCUT2D eigenvalue weighted by Gasteiger charge is -2.12. The fraction of sp³-hybridized carbons (Fsp3) is 0.438. The molecule has 1 saturated heterocycles. The largest absolute Gasteiger partial charge is 0.309 e. The second-order valence-electron chi connectivity index (χ2n) is 5.57. The molecule has 1 fully saturated rings. The van der Waals surface area contributed by atoms with Crippen molar-refractivity contribution in [3.8, 4) is 11.1 Å². The van der Waals surface area contributed by atoms with Crippen LogP contribution in [0.3, 0.4) is 0 Å². The SMILES string of the molecule is Cc1ccc(-c2cn(C)nc2C2CCCN2)c(C)c1. The molecule has 3 heteroatoms. The highest BCUT2D eigenvalue weighted by atomic mass is 15.3. The Labute approximate surface area is 114 Å². The Hall–Kier alpha value is -1.61.